The molecular formula is C17H19FN4O2S. The van der Waals surface area contributed by atoms with E-state index in [1.165, 1.54) is 18.2 Å². The van der Waals surface area contributed by atoms with Crippen molar-refractivity contribution in [1.82, 2.24) is 9.36 Å². The Morgan fingerprint density at radius 1 is 1.28 bits per heavy atom. The van der Waals surface area contributed by atoms with E-state index in [-0.39, 0.29) is 17.3 Å². The summed E-state index contributed by atoms with van der Waals surface area (Å²) in [6, 6.07) is 3.29. The normalized spacial score (nSPS) is 14.5. The van der Waals surface area contributed by atoms with Gasteiger partial charge in [-0.15, -0.1) is 0 Å². The Morgan fingerprint density at radius 3 is 2.72 bits per heavy atom. The lowest BCUT2D eigenvalue weighted by Gasteiger charge is -2.13. The smallest absolute Gasteiger partial charge is 0.307 e. The highest BCUT2D eigenvalue weighted by Gasteiger charge is 2.26. The molecule has 0 aliphatic heterocycles. The Labute approximate surface area is 149 Å². The number of Topliss-reactive ketones (excluding diaryl/α,β-unsaturated/α-hetero) is 1. The molecule has 1 aliphatic rings. The van der Waals surface area contributed by atoms with E-state index in [2.05, 4.69) is 20.0 Å². The molecule has 0 radical (unpaired) electrons. The summed E-state index contributed by atoms with van der Waals surface area (Å²) in [5.41, 5.74) is 0.518. The minimum atomic E-state index is -0.536. The van der Waals surface area contributed by atoms with Crippen LogP contribution in [0.25, 0.3) is 0 Å². The molecule has 2 N–H and O–H groups in total. The van der Waals surface area contributed by atoms with Crippen LogP contribution < -0.4 is 10.6 Å². The number of halogens is 1. The fraction of sp³-hybridized carbons (Fsp3) is 0.412. The lowest BCUT2D eigenvalue weighted by molar-refractivity contribution is 0.0923. The van der Waals surface area contributed by atoms with Gasteiger partial charge in [-0.05, 0) is 31.0 Å². The first-order valence-electron chi connectivity index (χ1n) is 8.31. The zero-order valence-corrected chi connectivity index (χ0v) is 14.7. The molecule has 1 aliphatic carbocycles. The number of nitrogens with one attached hydrogen (secondary N) is 2. The Kier molecular flexibility index (Phi) is 5.37. The molecule has 0 atom stereocenters. The second-order valence-electron chi connectivity index (χ2n) is 5.98. The highest BCUT2D eigenvalue weighted by atomic mass is 32.1. The number of carbonyl (C=O) groups excluding carboxylic acids is 2. The van der Waals surface area contributed by atoms with Crippen molar-refractivity contribution in [1.29, 1.82) is 0 Å². The lowest BCUT2D eigenvalue weighted by Crippen LogP contribution is -2.22. The first-order valence-corrected chi connectivity index (χ1v) is 9.08. The van der Waals surface area contributed by atoms with E-state index in [0.717, 1.165) is 37.2 Å². The molecule has 132 valence electrons. The van der Waals surface area contributed by atoms with Crippen molar-refractivity contribution in [2.75, 3.05) is 10.6 Å². The number of aromatic nitrogens is 2. The van der Waals surface area contributed by atoms with E-state index in [1.807, 2.05) is 6.92 Å². The number of hydrogen-bond acceptors (Lipinski definition) is 5. The van der Waals surface area contributed by atoms with Crippen LogP contribution in [0.4, 0.5) is 20.0 Å². The summed E-state index contributed by atoms with van der Waals surface area (Å²) in [4.78, 5) is 29.0. The average molecular weight is 362 g/mol. The maximum absolute atomic E-state index is 13.6. The van der Waals surface area contributed by atoms with Gasteiger partial charge in [0.05, 0.1) is 5.69 Å². The van der Waals surface area contributed by atoms with Crippen LogP contribution in [0.2, 0.25) is 0 Å². The molecule has 0 bridgehead atoms. The number of anilines is 2. The fourth-order valence-corrected chi connectivity index (χ4v) is 3.58. The SMILES string of the molecule is CCc1nsc(NC(=O)Nc2ccc(F)cc2C(=O)C2CCCC2)n1. The van der Waals surface area contributed by atoms with Gasteiger partial charge in [-0.1, -0.05) is 19.8 Å². The van der Waals surface area contributed by atoms with Crippen LogP contribution in [-0.2, 0) is 6.42 Å². The van der Waals surface area contributed by atoms with Gasteiger partial charge in [0.15, 0.2) is 5.78 Å². The van der Waals surface area contributed by atoms with Gasteiger partial charge in [-0.25, -0.2) is 14.2 Å². The first-order chi connectivity index (χ1) is 12.1. The zero-order valence-electron chi connectivity index (χ0n) is 13.8. The average Bonchev–Trinajstić information content (AvgIpc) is 3.27. The molecule has 2 aromatic rings. The maximum Gasteiger partial charge on any atom is 0.325 e. The highest BCUT2D eigenvalue weighted by Crippen LogP contribution is 2.31. The van der Waals surface area contributed by atoms with Crippen LogP contribution in [0, 0.1) is 11.7 Å². The largest absolute Gasteiger partial charge is 0.325 e. The number of ketones is 1. The van der Waals surface area contributed by atoms with Crippen molar-refractivity contribution in [2.24, 2.45) is 5.92 Å². The van der Waals surface area contributed by atoms with Gasteiger partial charge in [0.1, 0.15) is 11.6 Å². The summed E-state index contributed by atoms with van der Waals surface area (Å²) in [6.07, 6.45) is 4.31. The second-order valence-corrected chi connectivity index (χ2v) is 6.74. The van der Waals surface area contributed by atoms with Crippen molar-refractivity contribution in [3.63, 3.8) is 0 Å². The molecule has 0 saturated heterocycles. The van der Waals surface area contributed by atoms with Crippen molar-refractivity contribution in [2.45, 2.75) is 39.0 Å². The van der Waals surface area contributed by atoms with Crippen LogP contribution in [0.3, 0.4) is 0 Å². The van der Waals surface area contributed by atoms with Gasteiger partial charge in [0.2, 0.25) is 5.13 Å². The molecule has 1 fully saturated rings. The molecule has 0 spiro atoms. The Bertz CT molecular complexity index is 787. The first kappa shape index (κ1) is 17.5. The lowest BCUT2D eigenvalue weighted by atomic mass is 9.95. The number of urea groups is 1. The van der Waals surface area contributed by atoms with Gasteiger partial charge >= 0.3 is 6.03 Å². The van der Waals surface area contributed by atoms with Crippen LogP contribution in [0.1, 0.15) is 48.8 Å². The van der Waals surface area contributed by atoms with Gasteiger partial charge < -0.3 is 5.32 Å². The molecule has 8 heteroatoms. The number of aryl methyl sites for hydroxylation is 1. The summed E-state index contributed by atoms with van der Waals surface area (Å²) < 4.78 is 17.7. The van der Waals surface area contributed by atoms with E-state index >= 15 is 0 Å². The monoisotopic (exact) mass is 362 g/mol. The van der Waals surface area contributed by atoms with E-state index in [0.29, 0.717) is 23.1 Å². The predicted molar refractivity (Wildman–Crippen MR) is 94.6 cm³/mol. The highest BCUT2D eigenvalue weighted by molar-refractivity contribution is 7.09. The number of benzene rings is 1. The van der Waals surface area contributed by atoms with E-state index in [1.54, 1.807) is 0 Å². The summed E-state index contributed by atoms with van der Waals surface area (Å²) in [5, 5.41) is 5.58. The summed E-state index contributed by atoms with van der Waals surface area (Å²) in [6.45, 7) is 1.92. The molecule has 1 saturated carbocycles. The van der Waals surface area contributed by atoms with E-state index in [9.17, 15) is 14.0 Å². The minimum Gasteiger partial charge on any atom is -0.307 e. The molecule has 1 aromatic heterocycles. The molecule has 6 nitrogen and oxygen atoms in total. The fourth-order valence-electron chi connectivity index (χ4n) is 2.94. The van der Waals surface area contributed by atoms with Gasteiger partial charge in [0, 0.05) is 29.4 Å². The van der Waals surface area contributed by atoms with E-state index < -0.39 is 11.8 Å². The minimum absolute atomic E-state index is 0.0966. The van der Waals surface area contributed by atoms with Crippen LogP contribution in [-0.4, -0.2) is 21.2 Å². The number of hydrogen-bond donors (Lipinski definition) is 2. The number of rotatable bonds is 5. The zero-order chi connectivity index (χ0) is 17.8. The topological polar surface area (TPSA) is 84.0 Å². The standard InChI is InChI=1S/C17H19FN4O2S/c1-2-14-20-17(25-22-14)21-16(24)19-13-8-7-11(18)9-12(13)15(23)10-5-3-4-6-10/h7-10H,2-6H2,1H3,(H2,19,20,21,22,24). The quantitative estimate of drug-likeness (QED) is 0.779. The predicted octanol–water partition coefficient (Wildman–Crippen LogP) is 4.26. The Hall–Kier alpha value is -2.35. The third-order valence-corrected chi connectivity index (χ3v) is 4.89. The van der Waals surface area contributed by atoms with Gasteiger partial charge in [-0.3, -0.25) is 10.1 Å². The van der Waals surface area contributed by atoms with Crippen molar-refractivity contribution >= 4 is 34.2 Å². The molecule has 2 amide bonds. The Morgan fingerprint density at radius 2 is 2.04 bits per heavy atom. The molecule has 1 aromatic carbocycles. The maximum atomic E-state index is 13.6. The molecule has 0 unspecified atom stereocenters. The molecule has 25 heavy (non-hydrogen) atoms. The third-order valence-electron chi connectivity index (χ3n) is 4.23. The molecule has 1 heterocycles. The number of nitrogens with zero attached hydrogens (tertiary/aromatic N) is 2. The van der Waals surface area contributed by atoms with E-state index in [4.69, 9.17) is 0 Å². The van der Waals surface area contributed by atoms with Gasteiger partial charge in [-0.2, -0.15) is 4.37 Å². The van der Waals surface area contributed by atoms with Gasteiger partial charge in [0.25, 0.3) is 0 Å². The summed E-state index contributed by atoms with van der Waals surface area (Å²) in [5.74, 6) is -0.0552. The summed E-state index contributed by atoms with van der Waals surface area (Å²) >= 11 is 1.09. The van der Waals surface area contributed by atoms with Crippen LogP contribution in [0.15, 0.2) is 18.2 Å². The Balaban J connectivity index is 1.74. The summed E-state index contributed by atoms with van der Waals surface area (Å²) in [7, 11) is 0. The van der Waals surface area contributed by atoms with Crippen molar-refractivity contribution in [3.8, 4) is 0 Å². The van der Waals surface area contributed by atoms with Crippen LogP contribution in [0.5, 0.6) is 0 Å². The molecular weight excluding hydrogens is 343 g/mol. The van der Waals surface area contributed by atoms with Crippen LogP contribution >= 0.6 is 11.5 Å². The second kappa shape index (κ2) is 7.69. The van der Waals surface area contributed by atoms with Crippen molar-refractivity contribution < 1.29 is 14.0 Å². The van der Waals surface area contributed by atoms with Crippen molar-refractivity contribution in [3.05, 3.63) is 35.4 Å². The molecule has 3 rings (SSSR count). The number of carbonyl (C=O) groups is 2. The third kappa shape index (κ3) is 4.19. The number of amides is 2.